The lowest BCUT2D eigenvalue weighted by Gasteiger charge is -2.27. The standard InChI is InChI=1S/C23H23F3N4O3S/c24-23(25,26)16-3-1-2-15(12-16)21(31)29-5-4-17-18(13-29)34-20-19(17)22(32)30(14-27-20)7-6-28-8-10-33-11-9-28/h1-3,12,14H,4-11,13H2. The van der Waals surface area contributed by atoms with Crippen LogP contribution < -0.4 is 5.56 Å². The molecule has 0 atom stereocenters. The number of aromatic nitrogens is 2. The van der Waals surface area contributed by atoms with E-state index in [0.29, 0.717) is 42.9 Å². The van der Waals surface area contributed by atoms with Gasteiger partial charge >= 0.3 is 6.18 Å². The van der Waals surface area contributed by atoms with Crippen molar-refractivity contribution in [2.24, 2.45) is 0 Å². The first-order valence-corrected chi connectivity index (χ1v) is 11.9. The maximum Gasteiger partial charge on any atom is 0.416 e. The predicted molar refractivity (Wildman–Crippen MR) is 121 cm³/mol. The van der Waals surface area contributed by atoms with Crippen LogP contribution in [-0.4, -0.2) is 64.7 Å². The molecule has 5 rings (SSSR count). The van der Waals surface area contributed by atoms with Gasteiger partial charge in [-0.05, 0) is 30.2 Å². The molecule has 0 N–H and O–H groups in total. The van der Waals surface area contributed by atoms with Crippen molar-refractivity contribution in [3.8, 4) is 0 Å². The summed E-state index contributed by atoms with van der Waals surface area (Å²) in [6.45, 7) is 4.92. The molecule has 1 fully saturated rings. The number of morpholine rings is 1. The second kappa shape index (κ2) is 9.12. The summed E-state index contributed by atoms with van der Waals surface area (Å²) in [4.78, 5) is 35.9. The predicted octanol–water partition coefficient (Wildman–Crippen LogP) is 3.01. The van der Waals surface area contributed by atoms with Crippen molar-refractivity contribution in [1.29, 1.82) is 0 Å². The zero-order valence-corrected chi connectivity index (χ0v) is 19.1. The third kappa shape index (κ3) is 4.47. The Labute approximate surface area is 197 Å². The number of fused-ring (bicyclic) bond motifs is 3. The lowest BCUT2D eigenvalue weighted by atomic mass is 10.0. The molecule has 0 radical (unpaired) electrons. The normalized spacial score (nSPS) is 17.2. The van der Waals surface area contributed by atoms with E-state index >= 15 is 0 Å². The summed E-state index contributed by atoms with van der Waals surface area (Å²) in [5.74, 6) is -0.454. The van der Waals surface area contributed by atoms with Crippen LogP contribution in [0.3, 0.4) is 0 Å². The first kappa shape index (κ1) is 23.0. The number of amides is 1. The van der Waals surface area contributed by atoms with Gasteiger partial charge in [-0.2, -0.15) is 13.2 Å². The first-order valence-electron chi connectivity index (χ1n) is 11.1. The topological polar surface area (TPSA) is 67.7 Å². The molecule has 1 aromatic carbocycles. The number of nitrogens with zero attached hydrogens (tertiary/aromatic N) is 4. The third-order valence-electron chi connectivity index (χ3n) is 6.31. The summed E-state index contributed by atoms with van der Waals surface area (Å²) in [6.07, 6.45) is -2.48. The number of alkyl halides is 3. The van der Waals surface area contributed by atoms with Crippen molar-refractivity contribution in [2.45, 2.75) is 25.7 Å². The number of hydrogen-bond acceptors (Lipinski definition) is 6. The molecule has 1 amide bonds. The zero-order chi connectivity index (χ0) is 23.9. The molecule has 34 heavy (non-hydrogen) atoms. The molecular weight excluding hydrogens is 469 g/mol. The molecule has 1 saturated heterocycles. The first-order chi connectivity index (χ1) is 16.3. The van der Waals surface area contributed by atoms with Gasteiger partial charge in [0.05, 0.1) is 37.0 Å². The van der Waals surface area contributed by atoms with Crippen LogP contribution in [0.4, 0.5) is 13.2 Å². The fraction of sp³-hybridized carbons (Fsp3) is 0.435. The Kier molecular flexibility index (Phi) is 6.17. The van der Waals surface area contributed by atoms with E-state index in [-0.39, 0.29) is 17.7 Å². The number of ether oxygens (including phenoxy) is 1. The highest BCUT2D eigenvalue weighted by Gasteiger charge is 2.32. The monoisotopic (exact) mass is 492 g/mol. The molecule has 2 aromatic heterocycles. The Morgan fingerprint density at radius 1 is 1.15 bits per heavy atom. The number of benzene rings is 1. The van der Waals surface area contributed by atoms with Gasteiger partial charge in [-0.25, -0.2) is 4.98 Å². The average Bonchev–Trinajstić information content (AvgIpc) is 3.22. The Morgan fingerprint density at radius 2 is 1.94 bits per heavy atom. The Balaban J connectivity index is 1.36. The Morgan fingerprint density at radius 3 is 2.71 bits per heavy atom. The van der Waals surface area contributed by atoms with Crippen LogP contribution in [-0.2, 0) is 30.4 Å². The van der Waals surface area contributed by atoms with E-state index in [1.165, 1.54) is 28.4 Å². The van der Waals surface area contributed by atoms with E-state index in [1.54, 1.807) is 10.9 Å². The van der Waals surface area contributed by atoms with E-state index in [1.807, 2.05) is 0 Å². The van der Waals surface area contributed by atoms with Crippen molar-refractivity contribution in [1.82, 2.24) is 19.4 Å². The molecular formula is C23H23F3N4O3S. The molecule has 4 heterocycles. The molecule has 0 saturated carbocycles. The van der Waals surface area contributed by atoms with Crippen molar-refractivity contribution in [2.75, 3.05) is 39.4 Å². The lowest BCUT2D eigenvalue weighted by Crippen LogP contribution is -2.39. The van der Waals surface area contributed by atoms with Crippen LogP contribution >= 0.6 is 11.3 Å². The molecule has 180 valence electrons. The van der Waals surface area contributed by atoms with Crippen molar-refractivity contribution in [3.05, 3.63) is 62.5 Å². The SMILES string of the molecule is O=C(c1cccc(C(F)(F)F)c1)N1CCc2c(sc3ncn(CCN4CCOCC4)c(=O)c23)C1. The molecule has 0 bridgehead atoms. The van der Waals surface area contributed by atoms with Crippen LogP contribution in [0.2, 0.25) is 0 Å². The van der Waals surface area contributed by atoms with Crippen molar-refractivity contribution < 1.29 is 22.7 Å². The minimum absolute atomic E-state index is 0.00276. The van der Waals surface area contributed by atoms with E-state index in [9.17, 15) is 22.8 Å². The second-order valence-corrected chi connectivity index (χ2v) is 9.52. The maximum absolute atomic E-state index is 13.2. The summed E-state index contributed by atoms with van der Waals surface area (Å²) in [5.41, 5.74) is -0.0394. The smallest absolute Gasteiger partial charge is 0.379 e. The van der Waals surface area contributed by atoms with E-state index in [0.717, 1.165) is 42.2 Å². The van der Waals surface area contributed by atoms with Gasteiger partial charge < -0.3 is 9.64 Å². The van der Waals surface area contributed by atoms with Gasteiger partial charge in [-0.1, -0.05) is 6.07 Å². The summed E-state index contributed by atoms with van der Waals surface area (Å²) >= 11 is 1.37. The van der Waals surface area contributed by atoms with Crippen molar-refractivity contribution >= 4 is 27.5 Å². The number of rotatable bonds is 4. The fourth-order valence-corrected chi connectivity index (χ4v) is 5.63. The van der Waals surface area contributed by atoms with Gasteiger partial charge in [0, 0.05) is 43.2 Å². The summed E-state index contributed by atoms with van der Waals surface area (Å²) in [7, 11) is 0. The average molecular weight is 493 g/mol. The highest BCUT2D eigenvalue weighted by Crippen LogP contribution is 2.34. The molecule has 7 nitrogen and oxygen atoms in total. The third-order valence-corrected chi connectivity index (χ3v) is 7.44. The molecule has 3 aromatic rings. The summed E-state index contributed by atoms with van der Waals surface area (Å²) in [5, 5.41) is 0.593. The van der Waals surface area contributed by atoms with Gasteiger partial charge in [0.25, 0.3) is 11.5 Å². The minimum atomic E-state index is -4.51. The molecule has 0 aliphatic carbocycles. The van der Waals surface area contributed by atoms with Crippen LogP contribution in [0.15, 0.2) is 35.4 Å². The van der Waals surface area contributed by atoms with Crippen LogP contribution in [0.25, 0.3) is 10.2 Å². The highest BCUT2D eigenvalue weighted by molar-refractivity contribution is 7.18. The van der Waals surface area contributed by atoms with Crippen molar-refractivity contribution in [3.63, 3.8) is 0 Å². The lowest BCUT2D eigenvalue weighted by molar-refractivity contribution is -0.137. The number of hydrogen-bond donors (Lipinski definition) is 0. The van der Waals surface area contributed by atoms with Crippen LogP contribution in [0.1, 0.15) is 26.4 Å². The number of carbonyl (C=O) groups excluding carboxylic acids is 1. The highest BCUT2D eigenvalue weighted by atomic mass is 32.1. The van der Waals surface area contributed by atoms with Crippen LogP contribution in [0.5, 0.6) is 0 Å². The fourth-order valence-electron chi connectivity index (χ4n) is 4.44. The molecule has 0 unspecified atom stereocenters. The molecule has 2 aliphatic rings. The van der Waals surface area contributed by atoms with E-state index < -0.39 is 17.6 Å². The molecule has 11 heteroatoms. The molecule has 0 spiro atoms. The number of carbonyl (C=O) groups is 1. The Hall–Kier alpha value is -2.76. The summed E-state index contributed by atoms with van der Waals surface area (Å²) in [6, 6.07) is 4.48. The van der Waals surface area contributed by atoms with Gasteiger partial charge in [0.15, 0.2) is 0 Å². The van der Waals surface area contributed by atoms with E-state index in [4.69, 9.17) is 4.74 Å². The van der Waals surface area contributed by atoms with Gasteiger partial charge in [-0.3, -0.25) is 19.1 Å². The summed E-state index contributed by atoms with van der Waals surface area (Å²) < 4.78 is 46.1. The molecule has 2 aliphatic heterocycles. The number of halogens is 3. The largest absolute Gasteiger partial charge is 0.416 e. The van der Waals surface area contributed by atoms with Gasteiger partial charge in [0.1, 0.15) is 4.83 Å². The number of thiophene rings is 1. The second-order valence-electron chi connectivity index (χ2n) is 8.44. The van der Waals surface area contributed by atoms with E-state index in [2.05, 4.69) is 9.88 Å². The zero-order valence-electron chi connectivity index (χ0n) is 18.3. The van der Waals surface area contributed by atoms with Crippen LogP contribution in [0, 0.1) is 0 Å². The quantitative estimate of drug-likeness (QED) is 0.560. The minimum Gasteiger partial charge on any atom is -0.379 e. The Bertz CT molecular complexity index is 1280. The van der Waals surface area contributed by atoms with Gasteiger partial charge in [-0.15, -0.1) is 11.3 Å². The van der Waals surface area contributed by atoms with Gasteiger partial charge in [0.2, 0.25) is 0 Å². The maximum atomic E-state index is 13.2.